The van der Waals surface area contributed by atoms with Crippen molar-refractivity contribution in [1.82, 2.24) is 0 Å². The number of carboxylic acid groups (broad SMARTS) is 1. The van der Waals surface area contributed by atoms with Crippen molar-refractivity contribution >= 4 is 11.9 Å². The van der Waals surface area contributed by atoms with Gasteiger partial charge in [0.15, 0.2) is 0 Å². The minimum absolute atomic E-state index is 0.624. The molecule has 5 nitrogen and oxygen atoms in total. The second-order valence-corrected chi connectivity index (χ2v) is 4.46. The number of primary amides is 1. The molecule has 0 aromatic heterocycles. The van der Waals surface area contributed by atoms with Crippen LogP contribution in [-0.2, 0) is 9.59 Å². The van der Waals surface area contributed by atoms with Gasteiger partial charge in [-0.3, -0.25) is 9.59 Å². The Morgan fingerprint density at radius 3 is 1.82 bits per heavy atom. The van der Waals surface area contributed by atoms with Gasteiger partial charge in [0.25, 0.3) is 5.91 Å². The maximum absolute atomic E-state index is 11.4. The molecule has 3 N–H and O–H groups in total. The fraction of sp³-hybridized carbons (Fsp3) is 0.0588. The van der Waals surface area contributed by atoms with Crippen molar-refractivity contribution in [2.75, 3.05) is 0 Å². The monoisotopic (exact) mass is 295 g/mol. The molecule has 2 aromatic carbocycles. The lowest BCUT2D eigenvalue weighted by Crippen LogP contribution is -2.18. The highest BCUT2D eigenvalue weighted by Gasteiger charge is 2.31. The van der Waals surface area contributed by atoms with Gasteiger partial charge in [-0.2, -0.15) is 0 Å². The van der Waals surface area contributed by atoms with E-state index in [-0.39, 0.29) is 0 Å². The number of carbonyl (C=O) groups is 2. The number of carboxylic acids is 1. The van der Waals surface area contributed by atoms with E-state index < -0.39 is 17.8 Å². The molecule has 0 radical (unpaired) electrons. The van der Waals surface area contributed by atoms with Crippen LogP contribution in [0.4, 0.5) is 0 Å². The summed E-state index contributed by atoms with van der Waals surface area (Å²) < 4.78 is 5.69. The molecule has 3 rings (SSSR count). The number of nitrogens with two attached hydrogens (primary N) is 1. The quantitative estimate of drug-likeness (QED) is 0.788. The number of terminal acetylenes is 1. The van der Waals surface area contributed by atoms with Crippen LogP contribution in [0.3, 0.4) is 0 Å². The van der Waals surface area contributed by atoms with Crippen LogP contribution < -0.4 is 10.5 Å². The summed E-state index contributed by atoms with van der Waals surface area (Å²) in [6, 6.07) is 14.5. The molecule has 0 spiro atoms. The number of amides is 1. The summed E-state index contributed by atoms with van der Waals surface area (Å²) >= 11 is 0. The molecule has 0 unspecified atom stereocenters. The second-order valence-electron chi connectivity index (χ2n) is 4.46. The van der Waals surface area contributed by atoms with Crippen molar-refractivity contribution in [1.29, 1.82) is 0 Å². The van der Waals surface area contributed by atoms with Crippen molar-refractivity contribution in [3.05, 3.63) is 59.7 Å². The van der Waals surface area contributed by atoms with Gasteiger partial charge < -0.3 is 15.6 Å². The molecule has 22 heavy (non-hydrogen) atoms. The highest BCUT2D eigenvalue weighted by Crippen LogP contribution is 2.43. The number of para-hydroxylation sites is 2. The first-order chi connectivity index (χ1) is 10.5. The van der Waals surface area contributed by atoms with Crippen LogP contribution >= 0.6 is 0 Å². The molecule has 0 fully saturated rings. The first-order valence-corrected chi connectivity index (χ1v) is 6.39. The lowest BCUT2D eigenvalue weighted by molar-refractivity contribution is -0.137. The Hall–Kier alpha value is -3.26. The Bertz CT molecular complexity index is 716. The second kappa shape index (κ2) is 6.46. The van der Waals surface area contributed by atoms with Gasteiger partial charge in [0.05, 0.1) is 0 Å². The summed E-state index contributed by atoms with van der Waals surface area (Å²) in [6.07, 6.45) is 4.45. The predicted octanol–water partition coefficient (Wildman–Crippen LogP) is 2.11. The van der Waals surface area contributed by atoms with Crippen molar-refractivity contribution in [3.8, 4) is 23.8 Å². The predicted molar refractivity (Wildman–Crippen MR) is 80.5 cm³/mol. The minimum atomic E-state index is -0.854. The number of benzene rings is 2. The van der Waals surface area contributed by atoms with Crippen LogP contribution in [0.1, 0.15) is 17.0 Å². The third-order valence-electron chi connectivity index (χ3n) is 3.07. The van der Waals surface area contributed by atoms with Crippen LogP contribution in [0.15, 0.2) is 48.5 Å². The van der Waals surface area contributed by atoms with Crippen LogP contribution in [-0.4, -0.2) is 17.0 Å². The summed E-state index contributed by atoms with van der Waals surface area (Å²) in [5, 5.41) is 9.38. The highest BCUT2D eigenvalue weighted by molar-refractivity contribution is 5.91. The van der Waals surface area contributed by atoms with Gasteiger partial charge in [-0.1, -0.05) is 36.4 Å². The van der Waals surface area contributed by atoms with E-state index in [1.54, 1.807) is 30.2 Å². The lowest BCUT2D eigenvalue weighted by Gasteiger charge is -2.25. The number of hydrogen-bond donors (Lipinski definition) is 2. The fourth-order valence-electron chi connectivity index (χ4n) is 2.18. The molecule has 0 bridgehead atoms. The molecule has 0 aliphatic carbocycles. The summed E-state index contributed by atoms with van der Waals surface area (Å²) in [4.78, 5) is 20.8. The van der Waals surface area contributed by atoms with Gasteiger partial charge in [-0.05, 0) is 18.1 Å². The van der Waals surface area contributed by atoms with Gasteiger partial charge in [-0.25, -0.2) is 0 Å². The summed E-state index contributed by atoms with van der Waals surface area (Å²) in [7, 11) is 0. The Labute approximate surface area is 127 Å². The van der Waals surface area contributed by atoms with Crippen molar-refractivity contribution in [3.63, 3.8) is 0 Å². The van der Waals surface area contributed by atoms with E-state index in [9.17, 15) is 14.7 Å². The Balaban J connectivity index is 0.000000309. The third kappa shape index (κ3) is 3.07. The molecule has 110 valence electrons. The molecule has 1 heterocycles. The summed E-state index contributed by atoms with van der Waals surface area (Å²) in [5.41, 5.74) is 5.83. The van der Waals surface area contributed by atoms with Gasteiger partial charge in [0, 0.05) is 11.1 Å². The Morgan fingerprint density at radius 2 is 1.45 bits per heavy atom. The van der Waals surface area contributed by atoms with Crippen molar-refractivity contribution < 1.29 is 19.4 Å². The lowest BCUT2D eigenvalue weighted by atomic mass is 9.88. The first-order valence-electron chi connectivity index (χ1n) is 6.39. The average Bonchev–Trinajstić information content (AvgIpc) is 2.52. The molecule has 1 amide bonds. The Kier molecular flexibility index (Phi) is 4.44. The first kappa shape index (κ1) is 15.1. The number of rotatable bonds is 1. The maximum Gasteiger partial charge on any atom is 0.315 e. The highest BCUT2D eigenvalue weighted by atomic mass is 16.5. The van der Waals surface area contributed by atoms with Gasteiger partial charge >= 0.3 is 5.97 Å². The zero-order valence-electron chi connectivity index (χ0n) is 11.5. The topological polar surface area (TPSA) is 89.6 Å². The van der Waals surface area contributed by atoms with Crippen molar-refractivity contribution in [2.24, 2.45) is 5.73 Å². The number of carbonyl (C=O) groups excluding carboxylic acids is 1. The zero-order chi connectivity index (χ0) is 16.1. The van der Waals surface area contributed by atoms with Gasteiger partial charge in [0.1, 0.15) is 17.4 Å². The minimum Gasteiger partial charge on any atom is -0.481 e. The summed E-state index contributed by atoms with van der Waals surface area (Å²) in [6.45, 7) is 0. The van der Waals surface area contributed by atoms with Crippen LogP contribution in [0, 0.1) is 12.3 Å². The molecule has 2 aromatic rings. The Morgan fingerprint density at radius 1 is 1.05 bits per heavy atom. The smallest absolute Gasteiger partial charge is 0.315 e. The van der Waals surface area contributed by atoms with E-state index in [2.05, 4.69) is 12.2 Å². The number of hydrogen-bond acceptors (Lipinski definition) is 3. The van der Waals surface area contributed by atoms with Crippen LogP contribution in [0.25, 0.3) is 0 Å². The normalized spacial score (nSPS) is 11.6. The standard InChI is InChI=1S/C14H10O3.C3H3NO/c15-14(16)13-9-5-1-3-7-11(9)17-12-8-4-2-6-10(12)13;1-2-3(4)5/h1-8,13H,(H,15,16);1H,(H2,4,5). The van der Waals surface area contributed by atoms with E-state index in [0.29, 0.717) is 22.6 Å². The van der Waals surface area contributed by atoms with E-state index in [0.717, 1.165) is 0 Å². The molecular formula is C17H13NO4. The molecule has 5 heteroatoms. The largest absolute Gasteiger partial charge is 0.481 e. The van der Waals surface area contributed by atoms with E-state index >= 15 is 0 Å². The molecule has 0 atom stereocenters. The number of aliphatic carboxylic acids is 1. The van der Waals surface area contributed by atoms with E-state index in [4.69, 9.17) is 4.74 Å². The van der Waals surface area contributed by atoms with E-state index in [1.165, 1.54) is 0 Å². The van der Waals surface area contributed by atoms with Crippen LogP contribution in [0.5, 0.6) is 11.5 Å². The molecule has 0 saturated heterocycles. The SMILES string of the molecule is C#CC(N)=O.O=C(O)C1c2ccccc2Oc2ccccc21. The van der Waals surface area contributed by atoms with Crippen molar-refractivity contribution in [2.45, 2.75) is 5.92 Å². The molecule has 0 saturated carbocycles. The maximum atomic E-state index is 11.4. The average molecular weight is 295 g/mol. The van der Waals surface area contributed by atoms with E-state index in [1.807, 2.05) is 24.3 Å². The number of ether oxygens (including phenoxy) is 1. The van der Waals surface area contributed by atoms with Crippen LogP contribution in [0.2, 0.25) is 0 Å². The zero-order valence-corrected chi connectivity index (χ0v) is 11.5. The number of fused-ring (bicyclic) bond motifs is 2. The molecular weight excluding hydrogens is 282 g/mol. The van der Waals surface area contributed by atoms with Gasteiger partial charge in [-0.15, -0.1) is 6.42 Å². The third-order valence-corrected chi connectivity index (χ3v) is 3.07. The molecule has 1 aliphatic heterocycles. The van der Waals surface area contributed by atoms with Gasteiger partial charge in [0.2, 0.25) is 0 Å². The summed E-state index contributed by atoms with van der Waals surface area (Å²) in [5.74, 6) is 0.701. The molecule has 1 aliphatic rings. The fourth-order valence-corrected chi connectivity index (χ4v) is 2.18.